The van der Waals surface area contributed by atoms with Crippen LogP contribution >= 0.6 is 0 Å². The number of methoxy groups -OCH3 is 1. The second kappa shape index (κ2) is 7.04. The second-order valence-corrected chi connectivity index (χ2v) is 6.18. The number of fused-ring (bicyclic) bond motifs is 1. The zero-order valence-electron chi connectivity index (χ0n) is 15.2. The number of carbonyl (C=O) groups excluding carboxylic acids is 1. The molecule has 0 unspecified atom stereocenters. The molecule has 0 spiro atoms. The number of hydrogen-bond acceptors (Lipinski definition) is 5. The largest absolute Gasteiger partial charge is 0.488 e. The van der Waals surface area contributed by atoms with Crippen LogP contribution in [0, 0.1) is 20.8 Å². The van der Waals surface area contributed by atoms with Gasteiger partial charge in [0.15, 0.2) is 0 Å². The summed E-state index contributed by atoms with van der Waals surface area (Å²) in [5, 5.41) is 0.911. The Balaban J connectivity index is 1.85. The molecule has 2 aromatic carbocycles. The van der Waals surface area contributed by atoms with Crippen molar-refractivity contribution in [3.8, 4) is 5.75 Å². The minimum atomic E-state index is -0.372. The fraction of sp³-hybridized carbons (Fsp3) is 0.238. The van der Waals surface area contributed by atoms with E-state index >= 15 is 0 Å². The van der Waals surface area contributed by atoms with Gasteiger partial charge in [-0.3, -0.25) is 0 Å². The summed E-state index contributed by atoms with van der Waals surface area (Å²) in [4.78, 5) is 23.4. The molecule has 5 nitrogen and oxygen atoms in total. The highest BCUT2D eigenvalue weighted by molar-refractivity contribution is 5.89. The first kappa shape index (κ1) is 17.7. The van der Waals surface area contributed by atoms with E-state index in [0.29, 0.717) is 29.1 Å². The molecule has 0 aliphatic heterocycles. The topological polar surface area (TPSA) is 65.7 Å². The molecule has 3 rings (SSSR count). The Morgan fingerprint density at radius 3 is 2.31 bits per heavy atom. The van der Waals surface area contributed by atoms with E-state index in [4.69, 9.17) is 9.15 Å². The third-order valence-electron chi connectivity index (χ3n) is 4.59. The number of benzene rings is 2. The van der Waals surface area contributed by atoms with E-state index in [-0.39, 0.29) is 11.6 Å². The molecule has 0 saturated heterocycles. The Morgan fingerprint density at radius 1 is 0.962 bits per heavy atom. The summed E-state index contributed by atoms with van der Waals surface area (Å²) in [5.41, 5.74) is 3.96. The third-order valence-corrected chi connectivity index (χ3v) is 4.59. The standard InChI is InChI=1S/C21H20O5/c1-12-13(2)20(22)26-19-14(3)18(10-9-17(12)19)25-11-15-5-7-16(8-6-15)21(23)24-4/h5-10H,11H2,1-4H3. The highest BCUT2D eigenvalue weighted by atomic mass is 16.5. The van der Waals surface area contributed by atoms with Gasteiger partial charge in [-0.15, -0.1) is 0 Å². The minimum absolute atomic E-state index is 0.325. The maximum absolute atomic E-state index is 12.0. The fourth-order valence-corrected chi connectivity index (χ4v) is 2.80. The molecule has 0 amide bonds. The van der Waals surface area contributed by atoms with Crippen molar-refractivity contribution in [2.75, 3.05) is 7.11 Å². The first-order valence-corrected chi connectivity index (χ1v) is 8.26. The van der Waals surface area contributed by atoms with Gasteiger partial charge >= 0.3 is 11.6 Å². The smallest absolute Gasteiger partial charge is 0.339 e. The van der Waals surface area contributed by atoms with Crippen molar-refractivity contribution < 1.29 is 18.7 Å². The van der Waals surface area contributed by atoms with E-state index in [1.165, 1.54) is 7.11 Å². The van der Waals surface area contributed by atoms with E-state index in [1.54, 1.807) is 19.1 Å². The van der Waals surface area contributed by atoms with Crippen LogP contribution in [0.4, 0.5) is 0 Å². The molecule has 1 heterocycles. The first-order valence-electron chi connectivity index (χ1n) is 8.26. The van der Waals surface area contributed by atoms with E-state index in [2.05, 4.69) is 4.74 Å². The molecule has 1 aromatic heterocycles. The van der Waals surface area contributed by atoms with Crippen molar-refractivity contribution >= 4 is 16.9 Å². The Labute approximate surface area is 151 Å². The fourth-order valence-electron chi connectivity index (χ4n) is 2.80. The van der Waals surface area contributed by atoms with Crippen molar-refractivity contribution in [3.05, 3.63) is 74.6 Å². The Bertz CT molecular complexity index is 1030. The molecule has 0 N–H and O–H groups in total. The number of esters is 1. The summed E-state index contributed by atoms with van der Waals surface area (Å²) in [7, 11) is 1.35. The minimum Gasteiger partial charge on any atom is -0.488 e. The lowest BCUT2D eigenvalue weighted by Gasteiger charge is -2.12. The van der Waals surface area contributed by atoms with Gasteiger partial charge in [-0.05, 0) is 56.2 Å². The SMILES string of the molecule is COC(=O)c1ccc(COc2ccc3c(C)c(C)c(=O)oc3c2C)cc1. The van der Waals surface area contributed by atoms with Gasteiger partial charge in [0.25, 0.3) is 0 Å². The van der Waals surface area contributed by atoms with Crippen molar-refractivity contribution in [1.29, 1.82) is 0 Å². The molecular weight excluding hydrogens is 332 g/mol. The predicted octanol–water partition coefficient (Wildman–Crippen LogP) is 4.08. The molecule has 0 fully saturated rings. The van der Waals surface area contributed by atoms with Crippen LogP contribution in [0.1, 0.15) is 32.6 Å². The summed E-state index contributed by atoms with van der Waals surface area (Å²) in [6.45, 7) is 5.88. The van der Waals surface area contributed by atoms with Crippen LogP contribution in [0.5, 0.6) is 5.75 Å². The lowest BCUT2D eigenvalue weighted by atomic mass is 10.0. The van der Waals surface area contributed by atoms with Gasteiger partial charge in [0.05, 0.1) is 12.7 Å². The number of carbonyl (C=O) groups is 1. The van der Waals surface area contributed by atoms with Gasteiger partial charge in [0, 0.05) is 16.5 Å². The molecule has 0 saturated carbocycles. The van der Waals surface area contributed by atoms with E-state index in [0.717, 1.165) is 22.1 Å². The van der Waals surface area contributed by atoms with E-state index in [9.17, 15) is 9.59 Å². The number of hydrogen-bond donors (Lipinski definition) is 0. The van der Waals surface area contributed by atoms with Crippen LogP contribution in [0.3, 0.4) is 0 Å². The molecule has 26 heavy (non-hydrogen) atoms. The normalized spacial score (nSPS) is 10.8. The molecule has 0 bridgehead atoms. The molecule has 0 aliphatic carbocycles. The van der Waals surface area contributed by atoms with Crippen LogP contribution < -0.4 is 10.4 Å². The molecule has 0 radical (unpaired) electrons. The summed E-state index contributed by atoms with van der Waals surface area (Å²) in [6, 6.07) is 10.8. The number of rotatable bonds is 4. The average molecular weight is 352 g/mol. The molecule has 0 aliphatic rings. The summed E-state index contributed by atoms with van der Waals surface area (Å²) in [6.07, 6.45) is 0. The van der Waals surface area contributed by atoms with Crippen molar-refractivity contribution in [3.63, 3.8) is 0 Å². The van der Waals surface area contributed by atoms with Crippen molar-refractivity contribution in [2.24, 2.45) is 0 Å². The maximum Gasteiger partial charge on any atom is 0.339 e. The molecule has 5 heteroatoms. The molecule has 3 aromatic rings. The third kappa shape index (κ3) is 3.20. The van der Waals surface area contributed by atoms with Crippen LogP contribution in [-0.2, 0) is 11.3 Å². The van der Waals surface area contributed by atoms with Gasteiger partial charge in [-0.1, -0.05) is 12.1 Å². The monoisotopic (exact) mass is 352 g/mol. The Hall–Kier alpha value is -3.08. The highest BCUT2D eigenvalue weighted by Gasteiger charge is 2.13. The number of aryl methyl sites for hydroxylation is 2. The average Bonchev–Trinajstić information content (AvgIpc) is 2.66. The summed E-state index contributed by atoms with van der Waals surface area (Å²) >= 11 is 0. The molecule has 134 valence electrons. The van der Waals surface area contributed by atoms with Crippen LogP contribution in [-0.4, -0.2) is 13.1 Å². The predicted molar refractivity (Wildman–Crippen MR) is 98.8 cm³/mol. The lowest BCUT2D eigenvalue weighted by molar-refractivity contribution is 0.0600. The zero-order chi connectivity index (χ0) is 18.8. The van der Waals surface area contributed by atoms with Gasteiger partial charge in [-0.25, -0.2) is 9.59 Å². The Morgan fingerprint density at radius 2 is 1.65 bits per heavy atom. The lowest BCUT2D eigenvalue weighted by Crippen LogP contribution is -2.07. The van der Waals surface area contributed by atoms with E-state index < -0.39 is 0 Å². The van der Waals surface area contributed by atoms with E-state index in [1.807, 2.05) is 38.1 Å². The molecular formula is C21H20O5. The maximum atomic E-state index is 12.0. The quantitative estimate of drug-likeness (QED) is 0.523. The Kier molecular flexibility index (Phi) is 4.80. The van der Waals surface area contributed by atoms with Crippen LogP contribution in [0.2, 0.25) is 0 Å². The highest BCUT2D eigenvalue weighted by Crippen LogP contribution is 2.29. The summed E-state index contributed by atoms with van der Waals surface area (Å²) < 4.78 is 16.0. The van der Waals surface area contributed by atoms with Crippen LogP contribution in [0.15, 0.2) is 45.6 Å². The van der Waals surface area contributed by atoms with Crippen molar-refractivity contribution in [1.82, 2.24) is 0 Å². The van der Waals surface area contributed by atoms with Gasteiger partial charge < -0.3 is 13.9 Å². The zero-order valence-corrected chi connectivity index (χ0v) is 15.2. The van der Waals surface area contributed by atoms with Crippen LogP contribution in [0.25, 0.3) is 11.0 Å². The second-order valence-electron chi connectivity index (χ2n) is 6.18. The summed E-state index contributed by atoms with van der Waals surface area (Å²) in [5.74, 6) is 0.282. The van der Waals surface area contributed by atoms with Gasteiger partial charge in [-0.2, -0.15) is 0 Å². The molecule has 0 atom stereocenters. The van der Waals surface area contributed by atoms with Gasteiger partial charge in [0.2, 0.25) is 0 Å². The van der Waals surface area contributed by atoms with Gasteiger partial charge in [0.1, 0.15) is 17.9 Å². The first-order chi connectivity index (χ1) is 12.4. The number of ether oxygens (including phenoxy) is 2. The van der Waals surface area contributed by atoms with Crippen molar-refractivity contribution in [2.45, 2.75) is 27.4 Å².